The molecule has 2 unspecified atom stereocenters. The van der Waals surface area contributed by atoms with Gasteiger partial charge in [0.25, 0.3) is 0 Å². The Balaban J connectivity index is 1.71. The fourth-order valence-corrected chi connectivity index (χ4v) is 3.69. The van der Waals surface area contributed by atoms with Crippen LogP contribution >= 0.6 is 0 Å². The molecule has 0 aliphatic rings. The van der Waals surface area contributed by atoms with E-state index in [1.807, 2.05) is 61.6 Å². The number of hydrogen-bond donors (Lipinski definition) is 2. The summed E-state index contributed by atoms with van der Waals surface area (Å²) in [5, 5.41) is 15.1. The molecule has 0 saturated carbocycles. The molecule has 2 atom stereocenters. The number of nitrogens with zero attached hydrogens (tertiary/aromatic N) is 1. The van der Waals surface area contributed by atoms with Crippen molar-refractivity contribution in [3.63, 3.8) is 0 Å². The number of rotatable bonds is 5. The summed E-state index contributed by atoms with van der Waals surface area (Å²) in [5.74, 6) is 6.46. The van der Waals surface area contributed by atoms with Crippen LogP contribution in [0.25, 0.3) is 10.9 Å². The lowest BCUT2D eigenvalue weighted by molar-refractivity contribution is 0.132. The van der Waals surface area contributed by atoms with Crippen molar-refractivity contribution in [2.75, 3.05) is 13.6 Å². The van der Waals surface area contributed by atoms with Crippen molar-refractivity contribution in [2.24, 2.45) is 0 Å². The van der Waals surface area contributed by atoms with E-state index in [9.17, 15) is 5.11 Å². The molecule has 0 radical (unpaired) electrons. The SMILES string of the molecule is CNCC(O)C(c1ccccc1)n1ccc2cc(C#Cc3ccccc3)ccc21. The summed E-state index contributed by atoms with van der Waals surface area (Å²) in [6.07, 6.45) is 1.51. The second-order valence-corrected chi connectivity index (χ2v) is 7.09. The Hall–Kier alpha value is -3.32. The maximum Gasteiger partial charge on any atom is 0.0912 e. The van der Waals surface area contributed by atoms with Crippen LogP contribution in [0.3, 0.4) is 0 Å². The zero-order chi connectivity index (χ0) is 20.1. The van der Waals surface area contributed by atoms with E-state index in [1.165, 1.54) is 0 Å². The van der Waals surface area contributed by atoms with Crippen LogP contribution in [0.15, 0.2) is 91.1 Å². The van der Waals surface area contributed by atoms with E-state index in [1.54, 1.807) is 0 Å². The summed E-state index contributed by atoms with van der Waals surface area (Å²) >= 11 is 0. The van der Waals surface area contributed by atoms with Gasteiger partial charge in [-0.25, -0.2) is 0 Å². The molecule has 0 saturated heterocycles. The zero-order valence-electron chi connectivity index (χ0n) is 16.4. The van der Waals surface area contributed by atoms with Crippen LogP contribution in [0.5, 0.6) is 0 Å². The minimum Gasteiger partial charge on any atom is -0.389 e. The topological polar surface area (TPSA) is 37.2 Å². The van der Waals surface area contributed by atoms with Gasteiger partial charge in [-0.3, -0.25) is 0 Å². The van der Waals surface area contributed by atoms with Gasteiger partial charge in [0.2, 0.25) is 0 Å². The third kappa shape index (κ3) is 4.25. The van der Waals surface area contributed by atoms with Crippen molar-refractivity contribution in [1.29, 1.82) is 0 Å². The van der Waals surface area contributed by atoms with Gasteiger partial charge in [0.15, 0.2) is 0 Å². The monoisotopic (exact) mass is 380 g/mol. The average Bonchev–Trinajstić information content (AvgIpc) is 3.17. The first-order valence-electron chi connectivity index (χ1n) is 9.81. The molecule has 0 amide bonds. The summed E-state index contributed by atoms with van der Waals surface area (Å²) in [6, 6.07) is 28.3. The highest BCUT2D eigenvalue weighted by Crippen LogP contribution is 2.28. The number of likely N-dealkylation sites (N-methyl/N-ethyl adjacent to an activating group) is 1. The summed E-state index contributed by atoms with van der Waals surface area (Å²) in [5.41, 5.74) is 4.15. The second-order valence-electron chi connectivity index (χ2n) is 7.09. The van der Waals surface area contributed by atoms with E-state index in [0.29, 0.717) is 6.54 Å². The van der Waals surface area contributed by atoms with Gasteiger partial charge in [0, 0.05) is 34.8 Å². The van der Waals surface area contributed by atoms with Crippen molar-refractivity contribution in [3.8, 4) is 11.8 Å². The molecule has 144 valence electrons. The van der Waals surface area contributed by atoms with Crippen molar-refractivity contribution in [1.82, 2.24) is 9.88 Å². The molecular weight excluding hydrogens is 356 g/mol. The Morgan fingerprint density at radius 1 is 0.862 bits per heavy atom. The maximum atomic E-state index is 10.9. The minimum atomic E-state index is -0.546. The predicted octanol–water partition coefficient (Wildman–Crippen LogP) is 4.21. The van der Waals surface area contributed by atoms with Gasteiger partial charge in [0.05, 0.1) is 12.1 Å². The van der Waals surface area contributed by atoms with Crippen LogP contribution in [-0.4, -0.2) is 29.4 Å². The quantitative estimate of drug-likeness (QED) is 0.509. The molecule has 0 fully saturated rings. The number of benzene rings is 3. The fourth-order valence-electron chi connectivity index (χ4n) is 3.69. The molecule has 0 aliphatic carbocycles. The summed E-state index contributed by atoms with van der Waals surface area (Å²) in [4.78, 5) is 0. The van der Waals surface area contributed by atoms with Gasteiger partial charge in [-0.05, 0) is 49.0 Å². The van der Waals surface area contributed by atoms with E-state index >= 15 is 0 Å². The largest absolute Gasteiger partial charge is 0.389 e. The lowest BCUT2D eigenvalue weighted by atomic mass is 10.0. The summed E-state index contributed by atoms with van der Waals surface area (Å²) in [6.45, 7) is 0.514. The molecule has 4 rings (SSSR count). The van der Waals surface area contributed by atoms with Crippen LogP contribution in [0.2, 0.25) is 0 Å². The van der Waals surface area contributed by atoms with Gasteiger partial charge in [-0.2, -0.15) is 0 Å². The number of aromatic nitrogens is 1. The first-order valence-corrected chi connectivity index (χ1v) is 9.81. The lowest BCUT2D eigenvalue weighted by Gasteiger charge is -2.26. The first-order chi connectivity index (χ1) is 14.3. The van der Waals surface area contributed by atoms with Crippen molar-refractivity contribution in [3.05, 3.63) is 108 Å². The summed E-state index contributed by atoms with van der Waals surface area (Å²) in [7, 11) is 1.86. The molecule has 3 heteroatoms. The van der Waals surface area contributed by atoms with Crippen molar-refractivity contribution < 1.29 is 5.11 Å². The predicted molar refractivity (Wildman–Crippen MR) is 119 cm³/mol. The molecule has 0 spiro atoms. The average molecular weight is 380 g/mol. The van der Waals surface area contributed by atoms with Crippen LogP contribution in [-0.2, 0) is 0 Å². The van der Waals surface area contributed by atoms with Gasteiger partial charge in [0.1, 0.15) is 0 Å². The normalized spacial score (nSPS) is 12.9. The van der Waals surface area contributed by atoms with Crippen molar-refractivity contribution >= 4 is 10.9 Å². The second kappa shape index (κ2) is 8.79. The molecule has 4 aromatic rings. The van der Waals surface area contributed by atoms with E-state index in [-0.39, 0.29) is 6.04 Å². The Bertz CT molecular complexity index is 1140. The van der Waals surface area contributed by atoms with E-state index in [2.05, 4.69) is 58.3 Å². The molecular formula is C26H24N2O. The molecule has 1 heterocycles. The smallest absolute Gasteiger partial charge is 0.0912 e. The Labute approximate surface area is 171 Å². The molecule has 3 nitrogen and oxygen atoms in total. The van der Waals surface area contributed by atoms with Crippen LogP contribution < -0.4 is 5.32 Å². The van der Waals surface area contributed by atoms with Crippen LogP contribution in [0, 0.1) is 11.8 Å². The van der Waals surface area contributed by atoms with Gasteiger partial charge >= 0.3 is 0 Å². The van der Waals surface area contributed by atoms with E-state index in [4.69, 9.17) is 0 Å². The van der Waals surface area contributed by atoms with E-state index in [0.717, 1.165) is 27.6 Å². The highest BCUT2D eigenvalue weighted by atomic mass is 16.3. The zero-order valence-corrected chi connectivity index (χ0v) is 16.4. The number of nitrogens with one attached hydrogen (secondary N) is 1. The van der Waals surface area contributed by atoms with Crippen LogP contribution in [0.1, 0.15) is 22.7 Å². The number of fused-ring (bicyclic) bond motifs is 1. The van der Waals surface area contributed by atoms with Gasteiger partial charge < -0.3 is 15.0 Å². The third-order valence-corrected chi connectivity index (χ3v) is 5.06. The highest BCUT2D eigenvalue weighted by molar-refractivity contribution is 5.82. The molecule has 29 heavy (non-hydrogen) atoms. The minimum absolute atomic E-state index is 0.164. The third-order valence-electron chi connectivity index (χ3n) is 5.06. The number of aliphatic hydroxyl groups excluding tert-OH is 1. The lowest BCUT2D eigenvalue weighted by Crippen LogP contribution is -2.33. The first kappa shape index (κ1) is 19.0. The van der Waals surface area contributed by atoms with Gasteiger partial charge in [-0.15, -0.1) is 0 Å². The Morgan fingerprint density at radius 2 is 1.55 bits per heavy atom. The molecule has 2 N–H and O–H groups in total. The standard InChI is InChI=1S/C26H24N2O/c1-27-19-25(29)26(22-10-6-3-7-11-22)28-17-16-23-18-21(14-15-24(23)28)13-12-20-8-4-2-5-9-20/h2-11,14-18,25-27,29H,19H2,1H3. The highest BCUT2D eigenvalue weighted by Gasteiger charge is 2.23. The van der Waals surface area contributed by atoms with Crippen molar-refractivity contribution in [2.45, 2.75) is 12.1 Å². The molecule has 3 aromatic carbocycles. The fraction of sp³-hybridized carbons (Fsp3) is 0.154. The maximum absolute atomic E-state index is 10.9. The number of hydrogen-bond acceptors (Lipinski definition) is 2. The molecule has 0 aliphatic heterocycles. The Kier molecular flexibility index (Phi) is 5.76. The van der Waals surface area contributed by atoms with Gasteiger partial charge in [-0.1, -0.05) is 60.4 Å². The molecule has 0 bridgehead atoms. The Morgan fingerprint density at radius 3 is 2.28 bits per heavy atom. The number of aliphatic hydroxyl groups is 1. The molecule has 1 aromatic heterocycles. The summed E-state index contributed by atoms with van der Waals surface area (Å²) < 4.78 is 2.15. The van der Waals surface area contributed by atoms with Crippen LogP contribution in [0.4, 0.5) is 0 Å². The van der Waals surface area contributed by atoms with E-state index < -0.39 is 6.10 Å².